The van der Waals surface area contributed by atoms with E-state index >= 15 is 0 Å². The van der Waals surface area contributed by atoms with Gasteiger partial charge in [0.2, 0.25) is 5.88 Å². The lowest BCUT2D eigenvalue weighted by Gasteiger charge is -2.36. The van der Waals surface area contributed by atoms with Gasteiger partial charge in [-0.25, -0.2) is 9.78 Å². The number of urea groups is 1. The zero-order chi connectivity index (χ0) is 18.0. The Balaban J connectivity index is 1.82. The van der Waals surface area contributed by atoms with Crippen LogP contribution in [0, 0.1) is 5.92 Å². The normalized spacial score (nSPS) is 22.5. The average Bonchev–Trinajstić information content (AvgIpc) is 2.93. The van der Waals surface area contributed by atoms with Gasteiger partial charge in [-0.2, -0.15) is 0 Å². The molecule has 7 heteroatoms. The zero-order valence-corrected chi connectivity index (χ0v) is 15.1. The quantitative estimate of drug-likeness (QED) is 0.835. The number of hydrogen-bond acceptors (Lipinski definition) is 4. The van der Waals surface area contributed by atoms with E-state index in [1.54, 1.807) is 37.3 Å². The molecule has 1 aromatic heterocycles. The van der Waals surface area contributed by atoms with E-state index < -0.39 is 0 Å². The molecule has 7 nitrogen and oxygen atoms in total. The van der Waals surface area contributed by atoms with E-state index in [0.717, 1.165) is 12.8 Å². The molecule has 136 valence electrons. The molecule has 0 N–H and O–H groups in total. The van der Waals surface area contributed by atoms with Crippen LogP contribution in [0.3, 0.4) is 0 Å². The summed E-state index contributed by atoms with van der Waals surface area (Å²) in [5, 5.41) is 0. The van der Waals surface area contributed by atoms with Crippen LogP contribution in [0.2, 0.25) is 0 Å². The molecular weight excluding hydrogens is 320 g/mol. The van der Waals surface area contributed by atoms with Crippen LogP contribution in [-0.4, -0.2) is 78.0 Å². The van der Waals surface area contributed by atoms with E-state index in [-0.39, 0.29) is 18.0 Å². The molecule has 3 aliphatic rings. The number of fused-ring (bicyclic) bond motifs is 4. The Labute approximate surface area is 148 Å². The van der Waals surface area contributed by atoms with Crippen LogP contribution in [0.15, 0.2) is 18.3 Å². The SMILES string of the molecule is CCOc1ncccc1C(=O)N1C[C@H]2CC[C@@H]1CN(C(=O)N(C)C)C2. The maximum atomic E-state index is 13.1. The van der Waals surface area contributed by atoms with Crippen molar-refractivity contribution in [1.82, 2.24) is 19.7 Å². The van der Waals surface area contributed by atoms with E-state index in [4.69, 9.17) is 4.74 Å². The van der Waals surface area contributed by atoms with Crippen molar-refractivity contribution >= 4 is 11.9 Å². The van der Waals surface area contributed by atoms with Gasteiger partial charge in [-0.05, 0) is 37.8 Å². The molecule has 3 fully saturated rings. The molecule has 0 aliphatic carbocycles. The van der Waals surface area contributed by atoms with Crippen LogP contribution in [-0.2, 0) is 0 Å². The minimum atomic E-state index is -0.0506. The molecule has 0 aromatic carbocycles. The van der Waals surface area contributed by atoms with Gasteiger partial charge in [-0.15, -0.1) is 0 Å². The highest BCUT2D eigenvalue weighted by molar-refractivity contribution is 5.96. The number of carbonyl (C=O) groups is 2. The number of amides is 3. The Hall–Kier alpha value is -2.31. The molecule has 3 saturated heterocycles. The van der Waals surface area contributed by atoms with E-state index in [1.807, 2.05) is 16.7 Å². The summed E-state index contributed by atoms with van der Waals surface area (Å²) in [4.78, 5) is 35.1. The van der Waals surface area contributed by atoms with Gasteiger partial charge in [0.25, 0.3) is 5.91 Å². The summed E-state index contributed by atoms with van der Waals surface area (Å²) in [6.07, 6.45) is 3.61. The van der Waals surface area contributed by atoms with E-state index in [9.17, 15) is 9.59 Å². The van der Waals surface area contributed by atoms with Gasteiger partial charge in [-0.3, -0.25) is 4.79 Å². The number of nitrogens with zero attached hydrogens (tertiary/aromatic N) is 4. The number of carbonyl (C=O) groups excluding carboxylic acids is 2. The third kappa shape index (κ3) is 3.55. The Bertz CT molecular complexity index is 649. The number of aromatic nitrogens is 1. The fraction of sp³-hybridized carbons (Fsp3) is 0.611. The largest absolute Gasteiger partial charge is 0.477 e. The lowest BCUT2D eigenvalue weighted by atomic mass is 9.94. The molecule has 2 atom stereocenters. The summed E-state index contributed by atoms with van der Waals surface area (Å²) in [5.74, 6) is 0.653. The molecule has 4 heterocycles. The highest BCUT2D eigenvalue weighted by Crippen LogP contribution is 2.30. The highest BCUT2D eigenvalue weighted by atomic mass is 16.5. The van der Waals surface area contributed by atoms with Crippen molar-refractivity contribution in [3.05, 3.63) is 23.9 Å². The Morgan fingerprint density at radius 3 is 2.80 bits per heavy atom. The number of piperidine rings is 1. The van der Waals surface area contributed by atoms with Crippen molar-refractivity contribution in [2.45, 2.75) is 25.8 Å². The standard InChI is InChI=1S/C18H26N4O3/c1-4-25-16-15(6-5-9-19-16)17(23)22-11-13-7-8-14(22)12-21(10-13)18(24)20(2)3/h5-6,9,13-14H,4,7-8,10-12H2,1-3H3/t13-,14+/m0/s1. The van der Waals surface area contributed by atoms with E-state index in [2.05, 4.69) is 4.98 Å². The summed E-state index contributed by atoms with van der Waals surface area (Å²) in [6.45, 7) is 4.32. The van der Waals surface area contributed by atoms with Gasteiger partial charge >= 0.3 is 6.03 Å². The first-order valence-corrected chi connectivity index (χ1v) is 8.86. The van der Waals surface area contributed by atoms with Crippen LogP contribution >= 0.6 is 0 Å². The number of rotatable bonds is 3. The summed E-state index contributed by atoms with van der Waals surface area (Å²) in [6, 6.07) is 3.59. The van der Waals surface area contributed by atoms with Crippen LogP contribution in [0.1, 0.15) is 30.1 Å². The topological polar surface area (TPSA) is 66.0 Å². The van der Waals surface area contributed by atoms with Crippen molar-refractivity contribution in [2.75, 3.05) is 40.3 Å². The van der Waals surface area contributed by atoms with Gasteiger partial charge in [0, 0.05) is 46.0 Å². The predicted molar refractivity (Wildman–Crippen MR) is 93.6 cm³/mol. The lowest BCUT2D eigenvalue weighted by molar-refractivity contribution is 0.0580. The fourth-order valence-corrected chi connectivity index (χ4v) is 3.73. The van der Waals surface area contributed by atoms with Crippen molar-refractivity contribution < 1.29 is 14.3 Å². The maximum absolute atomic E-state index is 13.1. The number of ether oxygens (including phenoxy) is 1. The van der Waals surface area contributed by atoms with Gasteiger partial charge in [0.15, 0.2) is 0 Å². The first-order valence-electron chi connectivity index (χ1n) is 8.86. The number of pyridine rings is 1. The average molecular weight is 346 g/mol. The third-order valence-electron chi connectivity index (χ3n) is 4.91. The number of hydrogen-bond donors (Lipinski definition) is 0. The Kier molecular flexibility index (Phi) is 5.11. The molecule has 0 radical (unpaired) electrons. The second-order valence-corrected chi connectivity index (χ2v) is 6.93. The maximum Gasteiger partial charge on any atom is 0.319 e. The summed E-state index contributed by atoms with van der Waals surface area (Å²) in [5.41, 5.74) is 0.502. The molecule has 25 heavy (non-hydrogen) atoms. The molecule has 0 spiro atoms. The molecule has 3 amide bonds. The molecular formula is C18H26N4O3. The molecule has 3 aliphatic heterocycles. The predicted octanol–water partition coefficient (Wildman–Crippen LogP) is 1.70. The molecule has 2 bridgehead atoms. The minimum Gasteiger partial charge on any atom is -0.477 e. The van der Waals surface area contributed by atoms with Crippen LogP contribution in [0.5, 0.6) is 5.88 Å². The molecule has 4 rings (SSSR count). The highest BCUT2D eigenvalue weighted by Gasteiger charge is 2.39. The van der Waals surface area contributed by atoms with Crippen molar-refractivity contribution in [2.24, 2.45) is 5.92 Å². The second-order valence-electron chi connectivity index (χ2n) is 6.93. The zero-order valence-electron chi connectivity index (χ0n) is 15.1. The molecule has 0 unspecified atom stereocenters. The van der Waals surface area contributed by atoms with Gasteiger partial charge in [0.05, 0.1) is 6.61 Å². The molecule has 1 aromatic rings. The van der Waals surface area contributed by atoms with Crippen LogP contribution < -0.4 is 4.74 Å². The van der Waals surface area contributed by atoms with Crippen LogP contribution in [0.25, 0.3) is 0 Å². The van der Waals surface area contributed by atoms with Gasteiger partial charge in [-0.1, -0.05) is 0 Å². The third-order valence-corrected chi connectivity index (χ3v) is 4.91. The first kappa shape index (κ1) is 17.5. The van der Waals surface area contributed by atoms with Crippen molar-refractivity contribution in [1.29, 1.82) is 0 Å². The monoisotopic (exact) mass is 346 g/mol. The fourth-order valence-electron chi connectivity index (χ4n) is 3.73. The van der Waals surface area contributed by atoms with Crippen molar-refractivity contribution in [3.63, 3.8) is 0 Å². The van der Waals surface area contributed by atoms with E-state index in [1.165, 1.54) is 0 Å². The summed E-state index contributed by atoms with van der Waals surface area (Å²) >= 11 is 0. The van der Waals surface area contributed by atoms with Gasteiger partial charge < -0.3 is 19.4 Å². The smallest absolute Gasteiger partial charge is 0.319 e. The van der Waals surface area contributed by atoms with Crippen molar-refractivity contribution in [3.8, 4) is 5.88 Å². The van der Waals surface area contributed by atoms with E-state index in [0.29, 0.717) is 43.6 Å². The second kappa shape index (κ2) is 7.29. The lowest BCUT2D eigenvalue weighted by Crippen LogP contribution is -2.48. The summed E-state index contributed by atoms with van der Waals surface area (Å²) in [7, 11) is 3.53. The first-order chi connectivity index (χ1) is 12.0. The Morgan fingerprint density at radius 2 is 2.08 bits per heavy atom. The summed E-state index contributed by atoms with van der Waals surface area (Å²) < 4.78 is 5.52. The van der Waals surface area contributed by atoms with Gasteiger partial charge in [0.1, 0.15) is 5.56 Å². The Morgan fingerprint density at radius 1 is 1.28 bits per heavy atom. The minimum absolute atomic E-state index is 0.0163. The molecule has 0 saturated carbocycles. The van der Waals surface area contributed by atoms with Crippen LogP contribution in [0.4, 0.5) is 4.79 Å².